The number of hydrogen-bond donors (Lipinski definition) is 2. The van der Waals surface area contributed by atoms with E-state index in [2.05, 4.69) is 15.7 Å². The molecule has 2 N–H and O–H groups in total. The van der Waals surface area contributed by atoms with Crippen molar-refractivity contribution in [3.05, 3.63) is 75.9 Å². The van der Waals surface area contributed by atoms with Crippen LogP contribution in [0.5, 0.6) is 0 Å². The van der Waals surface area contributed by atoms with Gasteiger partial charge < -0.3 is 10.6 Å². The van der Waals surface area contributed by atoms with Crippen LogP contribution < -0.4 is 10.6 Å². The normalized spacial score (nSPS) is 18.6. The van der Waals surface area contributed by atoms with Gasteiger partial charge in [0.1, 0.15) is 11.6 Å². The molecule has 1 aromatic heterocycles. The number of nitrogens with one attached hydrogen (secondary N) is 2. The molecule has 0 saturated carbocycles. The van der Waals surface area contributed by atoms with Gasteiger partial charge in [-0.1, -0.05) is 17.7 Å². The summed E-state index contributed by atoms with van der Waals surface area (Å²) in [5.74, 6) is -4.84. The molecule has 168 valence electrons. The molecule has 1 aliphatic heterocycles. The van der Waals surface area contributed by atoms with Gasteiger partial charge >= 0.3 is 0 Å². The molecule has 2 heterocycles. The van der Waals surface area contributed by atoms with E-state index >= 15 is 0 Å². The van der Waals surface area contributed by atoms with E-state index < -0.39 is 40.8 Å². The van der Waals surface area contributed by atoms with E-state index in [1.54, 1.807) is 0 Å². The van der Waals surface area contributed by atoms with Crippen LogP contribution in [0.15, 0.2) is 36.5 Å². The summed E-state index contributed by atoms with van der Waals surface area (Å²) in [7, 11) is 1.54. The minimum atomic E-state index is -0.983. The molecule has 2 aromatic carbocycles. The van der Waals surface area contributed by atoms with Gasteiger partial charge in [0.25, 0.3) is 5.91 Å². The number of aryl methyl sites for hydroxylation is 1. The SMILES string of the molecule is Cn1ncc(Cl)c1-c1cc(F)c(C(=O)N[C@@H]2CNCC[C@H]2c2ccc(F)c(F)c2)cc1F. The second-order valence-corrected chi connectivity index (χ2v) is 8.04. The molecule has 2 atom stereocenters. The van der Waals surface area contributed by atoms with Crippen molar-refractivity contribution in [2.45, 2.75) is 18.4 Å². The first-order chi connectivity index (χ1) is 15.3. The highest BCUT2D eigenvalue weighted by molar-refractivity contribution is 6.33. The van der Waals surface area contributed by atoms with Crippen molar-refractivity contribution >= 4 is 17.5 Å². The van der Waals surface area contributed by atoms with Crippen molar-refractivity contribution in [1.82, 2.24) is 20.4 Å². The lowest BCUT2D eigenvalue weighted by Crippen LogP contribution is -2.50. The van der Waals surface area contributed by atoms with E-state index in [0.717, 1.165) is 24.3 Å². The number of carbonyl (C=O) groups is 1. The van der Waals surface area contributed by atoms with Crippen LogP contribution in [-0.2, 0) is 7.05 Å². The molecular weight excluding hydrogens is 448 g/mol. The second kappa shape index (κ2) is 8.91. The number of halogens is 5. The first-order valence-electron chi connectivity index (χ1n) is 9.89. The molecule has 1 fully saturated rings. The fourth-order valence-corrected chi connectivity index (χ4v) is 4.28. The second-order valence-electron chi connectivity index (χ2n) is 7.63. The van der Waals surface area contributed by atoms with Crippen LogP contribution in [0.3, 0.4) is 0 Å². The fraction of sp³-hybridized carbons (Fsp3) is 0.273. The smallest absolute Gasteiger partial charge is 0.254 e. The molecule has 0 bridgehead atoms. The van der Waals surface area contributed by atoms with Gasteiger partial charge in [-0.15, -0.1) is 0 Å². The van der Waals surface area contributed by atoms with Gasteiger partial charge in [-0.05, 0) is 42.8 Å². The number of rotatable bonds is 4. The number of piperidine rings is 1. The lowest BCUT2D eigenvalue weighted by Gasteiger charge is -2.33. The lowest BCUT2D eigenvalue weighted by molar-refractivity contribution is 0.0920. The Morgan fingerprint density at radius 3 is 2.59 bits per heavy atom. The van der Waals surface area contributed by atoms with E-state index in [1.807, 2.05) is 0 Å². The number of hydrogen-bond acceptors (Lipinski definition) is 3. The topological polar surface area (TPSA) is 59.0 Å². The minimum absolute atomic E-state index is 0.122. The first kappa shape index (κ1) is 22.3. The van der Waals surface area contributed by atoms with Gasteiger partial charge in [-0.3, -0.25) is 9.48 Å². The number of aromatic nitrogens is 2. The minimum Gasteiger partial charge on any atom is -0.347 e. The largest absolute Gasteiger partial charge is 0.347 e. The van der Waals surface area contributed by atoms with Gasteiger partial charge in [0.05, 0.1) is 22.5 Å². The zero-order chi connectivity index (χ0) is 23.0. The van der Waals surface area contributed by atoms with Crippen LogP contribution >= 0.6 is 11.6 Å². The summed E-state index contributed by atoms with van der Waals surface area (Å²) in [5, 5.41) is 9.85. The summed E-state index contributed by atoms with van der Waals surface area (Å²) >= 11 is 6.02. The molecule has 3 aromatic rings. The molecule has 1 saturated heterocycles. The van der Waals surface area contributed by atoms with Crippen molar-refractivity contribution in [2.75, 3.05) is 13.1 Å². The number of amides is 1. The Bertz CT molecular complexity index is 1160. The summed E-state index contributed by atoms with van der Waals surface area (Å²) < 4.78 is 57.9. The zero-order valence-electron chi connectivity index (χ0n) is 16.9. The predicted molar refractivity (Wildman–Crippen MR) is 111 cm³/mol. The highest BCUT2D eigenvalue weighted by Crippen LogP contribution is 2.31. The summed E-state index contributed by atoms with van der Waals surface area (Å²) in [6.07, 6.45) is 1.86. The monoisotopic (exact) mass is 466 g/mol. The van der Waals surface area contributed by atoms with Crippen LogP contribution in [0.2, 0.25) is 5.02 Å². The third kappa shape index (κ3) is 4.22. The molecule has 1 aliphatic rings. The van der Waals surface area contributed by atoms with E-state index in [0.29, 0.717) is 25.1 Å². The summed E-state index contributed by atoms with van der Waals surface area (Å²) in [6.45, 7) is 0.946. The van der Waals surface area contributed by atoms with E-state index in [9.17, 15) is 22.4 Å². The quantitative estimate of drug-likeness (QED) is 0.567. The molecule has 0 aliphatic carbocycles. The maximum Gasteiger partial charge on any atom is 0.254 e. The molecule has 0 radical (unpaired) electrons. The Hall–Kier alpha value is -2.91. The molecule has 0 unspecified atom stereocenters. The van der Waals surface area contributed by atoms with Crippen LogP contribution in [0.4, 0.5) is 17.6 Å². The summed E-state index contributed by atoms with van der Waals surface area (Å²) in [4.78, 5) is 12.8. The van der Waals surface area contributed by atoms with Crippen LogP contribution in [0, 0.1) is 23.3 Å². The van der Waals surface area contributed by atoms with Crippen molar-refractivity contribution in [3.8, 4) is 11.3 Å². The molecule has 4 rings (SSSR count). The average Bonchev–Trinajstić information content (AvgIpc) is 3.09. The van der Waals surface area contributed by atoms with E-state index in [-0.39, 0.29) is 22.2 Å². The Morgan fingerprint density at radius 1 is 1.12 bits per heavy atom. The third-order valence-electron chi connectivity index (χ3n) is 5.62. The maximum atomic E-state index is 14.8. The number of carbonyl (C=O) groups excluding carboxylic acids is 1. The molecular formula is C22H19ClF4N4O. The molecule has 1 amide bonds. The maximum absolute atomic E-state index is 14.8. The molecule has 0 spiro atoms. The van der Waals surface area contributed by atoms with Crippen LogP contribution in [0.25, 0.3) is 11.3 Å². The van der Waals surface area contributed by atoms with Crippen molar-refractivity contribution in [1.29, 1.82) is 0 Å². The van der Waals surface area contributed by atoms with E-state index in [4.69, 9.17) is 11.6 Å². The van der Waals surface area contributed by atoms with Crippen molar-refractivity contribution < 1.29 is 22.4 Å². The first-order valence-corrected chi connectivity index (χ1v) is 10.3. The molecule has 10 heteroatoms. The number of benzene rings is 2. The Balaban J connectivity index is 1.60. The predicted octanol–water partition coefficient (Wildman–Crippen LogP) is 4.17. The highest BCUT2D eigenvalue weighted by Gasteiger charge is 2.30. The van der Waals surface area contributed by atoms with Crippen LogP contribution in [-0.4, -0.2) is 34.8 Å². The summed E-state index contributed by atoms with van der Waals surface area (Å²) in [5.41, 5.74) is 0.107. The summed E-state index contributed by atoms with van der Waals surface area (Å²) in [6, 6.07) is 4.76. The van der Waals surface area contributed by atoms with Crippen molar-refractivity contribution in [3.63, 3.8) is 0 Å². The Kier molecular flexibility index (Phi) is 6.21. The van der Waals surface area contributed by atoms with Gasteiger partial charge in [0, 0.05) is 31.1 Å². The van der Waals surface area contributed by atoms with Crippen LogP contribution in [0.1, 0.15) is 28.3 Å². The number of nitrogens with zero attached hydrogens (tertiary/aromatic N) is 2. The van der Waals surface area contributed by atoms with Crippen molar-refractivity contribution in [2.24, 2.45) is 7.05 Å². The molecule has 32 heavy (non-hydrogen) atoms. The van der Waals surface area contributed by atoms with Gasteiger partial charge in [0.2, 0.25) is 0 Å². The molecule has 5 nitrogen and oxygen atoms in total. The highest BCUT2D eigenvalue weighted by atomic mass is 35.5. The standard InChI is InChI=1S/C22H19ClF4N4O/c1-31-21(15(23)9-29-31)13-7-18(26)14(8-17(13)25)22(32)30-20-10-28-5-4-12(20)11-2-3-16(24)19(27)6-11/h2-3,6-9,12,20,28H,4-5,10H2,1H3,(H,30,32)/t12-,20+/m0/s1. The van der Waals surface area contributed by atoms with Gasteiger partial charge in [-0.2, -0.15) is 5.10 Å². The Morgan fingerprint density at radius 2 is 1.91 bits per heavy atom. The third-order valence-corrected chi connectivity index (χ3v) is 5.90. The average molecular weight is 467 g/mol. The van der Waals surface area contributed by atoms with E-state index in [1.165, 1.54) is 24.0 Å². The fourth-order valence-electron chi connectivity index (χ4n) is 4.01. The van der Waals surface area contributed by atoms with Gasteiger partial charge in [0.15, 0.2) is 11.6 Å². The zero-order valence-corrected chi connectivity index (χ0v) is 17.7. The van der Waals surface area contributed by atoms with Gasteiger partial charge in [-0.25, -0.2) is 17.6 Å². The Labute approximate surface area is 186 Å². The lowest BCUT2D eigenvalue weighted by atomic mass is 9.85.